The van der Waals surface area contributed by atoms with Crippen LogP contribution in [0.1, 0.15) is 42.7 Å². The van der Waals surface area contributed by atoms with Crippen LogP contribution in [0, 0.1) is 0 Å². The van der Waals surface area contributed by atoms with Crippen LogP contribution < -0.4 is 5.32 Å². The van der Waals surface area contributed by atoms with E-state index in [0.717, 1.165) is 10.9 Å². The number of ether oxygens (including phenoxy) is 1. The Kier molecular flexibility index (Phi) is 4.45. The summed E-state index contributed by atoms with van der Waals surface area (Å²) in [6, 6.07) is 8.14. The second kappa shape index (κ2) is 6.09. The lowest BCUT2D eigenvalue weighted by atomic mass is 10.0. The van der Waals surface area contributed by atoms with E-state index in [1.807, 2.05) is 13.0 Å². The maximum Gasteiger partial charge on any atom is 0.268 e. The Morgan fingerprint density at radius 2 is 2.05 bits per heavy atom. The molecule has 1 heterocycles. The van der Waals surface area contributed by atoms with E-state index in [0.29, 0.717) is 18.2 Å². The van der Waals surface area contributed by atoms with Gasteiger partial charge in [0.25, 0.3) is 5.91 Å². The predicted molar refractivity (Wildman–Crippen MR) is 81.2 cm³/mol. The van der Waals surface area contributed by atoms with Crippen LogP contribution in [0.15, 0.2) is 24.3 Å². The van der Waals surface area contributed by atoms with Crippen LogP contribution in [0.2, 0.25) is 0 Å². The standard InChI is InChI=1S/C16H22N2O2/c1-10(2)12-5-6-13-8-15(18-14(13)7-12)16(19)17-11(3)9-20-4/h5-8,10-11,18H,9H2,1-4H3,(H,17,19)/t11-/m0/s1. The van der Waals surface area contributed by atoms with Crippen LogP contribution >= 0.6 is 0 Å². The zero-order valence-electron chi connectivity index (χ0n) is 12.5. The number of H-pyrrole nitrogens is 1. The van der Waals surface area contributed by atoms with E-state index in [9.17, 15) is 4.79 Å². The van der Waals surface area contributed by atoms with E-state index in [1.165, 1.54) is 5.56 Å². The summed E-state index contributed by atoms with van der Waals surface area (Å²) in [5.41, 5.74) is 2.85. The first-order valence-corrected chi connectivity index (χ1v) is 6.93. The molecule has 0 radical (unpaired) electrons. The number of rotatable bonds is 5. The highest BCUT2D eigenvalue weighted by molar-refractivity contribution is 5.98. The Hall–Kier alpha value is -1.81. The molecule has 4 nitrogen and oxygen atoms in total. The number of carbonyl (C=O) groups excluding carboxylic acids is 1. The third kappa shape index (κ3) is 3.20. The number of methoxy groups -OCH3 is 1. The largest absolute Gasteiger partial charge is 0.383 e. The van der Waals surface area contributed by atoms with Crippen molar-refractivity contribution in [3.63, 3.8) is 0 Å². The van der Waals surface area contributed by atoms with Gasteiger partial charge in [0.1, 0.15) is 5.69 Å². The number of carbonyl (C=O) groups is 1. The second-order valence-electron chi connectivity index (χ2n) is 5.51. The number of fused-ring (bicyclic) bond motifs is 1. The van der Waals surface area contributed by atoms with E-state index in [2.05, 4.69) is 42.3 Å². The van der Waals surface area contributed by atoms with Crippen LogP contribution in [-0.2, 0) is 4.74 Å². The molecular weight excluding hydrogens is 252 g/mol. The molecular formula is C16H22N2O2. The summed E-state index contributed by atoms with van der Waals surface area (Å²) in [6.07, 6.45) is 0. The average molecular weight is 274 g/mol. The predicted octanol–water partition coefficient (Wildman–Crippen LogP) is 3.06. The second-order valence-corrected chi connectivity index (χ2v) is 5.51. The number of hydrogen-bond donors (Lipinski definition) is 2. The minimum atomic E-state index is -0.100. The number of aromatic nitrogens is 1. The van der Waals surface area contributed by atoms with Crippen molar-refractivity contribution >= 4 is 16.8 Å². The highest BCUT2D eigenvalue weighted by atomic mass is 16.5. The van der Waals surface area contributed by atoms with Crippen molar-refractivity contribution in [2.75, 3.05) is 13.7 Å². The highest BCUT2D eigenvalue weighted by Crippen LogP contribution is 2.21. The molecule has 0 aliphatic rings. The van der Waals surface area contributed by atoms with Gasteiger partial charge in [-0.3, -0.25) is 4.79 Å². The molecule has 1 atom stereocenters. The molecule has 1 aromatic heterocycles. The monoisotopic (exact) mass is 274 g/mol. The van der Waals surface area contributed by atoms with Crippen molar-refractivity contribution in [1.82, 2.24) is 10.3 Å². The Morgan fingerprint density at radius 3 is 2.70 bits per heavy atom. The molecule has 1 amide bonds. The first-order valence-electron chi connectivity index (χ1n) is 6.93. The average Bonchev–Trinajstić information content (AvgIpc) is 2.81. The first-order chi connectivity index (χ1) is 9.51. The summed E-state index contributed by atoms with van der Waals surface area (Å²) in [7, 11) is 1.62. The molecule has 0 fully saturated rings. The van der Waals surface area contributed by atoms with Gasteiger partial charge in [-0.1, -0.05) is 26.0 Å². The van der Waals surface area contributed by atoms with Crippen LogP contribution in [0.5, 0.6) is 0 Å². The van der Waals surface area contributed by atoms with Gasteiger partial charge in [-0.05, 0) is 30.5 Å². The Labute approximate surface area is 119 Å². The lowest BCUT2D eigenvalue weighted by Gasteiger charge is -2.11. The van der Waals surface area contributed by atoms with Gasteiger partial charge in [-0.15, -0.1) is 0 Å². The number of benzene rings is 1. The van der Waals surface area contributed by atoms with Gasteiger partial charge in [-0.2, -0.15) is 0 Å². The number of hydrogen-bond acceptors (Lipinski definition) is 2. The van der Waals surface area contributed by atoms with Crippen molar-refractivity contribution < 1.29 is 9.53 Å². The fourth-order valence-electron chi connectivity index (χ4n) is 2.22. The van der Waals surface area contributed by atoms with Gasteiger partial charge in [0.05, 0.1) is 6.61 Å². The Morgan fingerprint density at radius 1 is 1.30 bits per heavy atom. The lowest BCUT2D eigenvalue weighted by Crippen LogP contribution is -2.35. The number of nitrogens with one attached hydrogen (secondary N) is 2. The molecule has 1 aromatic carbocycles. The van der Waals surface area contributed by atoms with Gasteiger partial charge in [-0.25, -0.2) is 0 Å². The molecule has 4 heteroatoms. The van der Waals surface area contributed by atoms with E-state index in [-0.39, 0.29) is 11.9 Å². The normalized spacial score (nSPS) is 12.8. The van der Waals surface area contributed by atoms with Crippen LogP contribution in [0.3, 0.4) is 0 Å². The maximum absolute atomic E-state index is 12.1. The topological polar surface area (TPSA) is 54.1 Å². The van der Waals surface area contributed by atoms with Gasteiger partial charge in [0, 0.05) is 24.1 Å². The SMILES string of the molecule is COC[C@H](C)NC(=O)c1cc2ccc(C(C)C)cc2[nH]1. The van der Waals surface area contributed by atoms with Gasteiger partial charge in [0.2, 0.25) is 0 Å². The molecule has 0 aliphatic heterocycles. The molecule has 0 unspecified atom stereocenters. The van der Waals surface area contributed by atoms with Crippen molar-refractivity contribution in [2.24, 2.45) is 0 Å². The van der Waals surface area contributed by atoms with E-state index in [1.54, 1.807) is 7.11 Å². The first kappa shape index (κ1) is 14.6. The number of aromatic amines is 1. The fraction of sp³-hybridized carbons (Fsp3) is 0.438. The molecule has 108 valence electrons. The van der Waals surface area contributed by atoms with E-state index >= 15 is 0 Å². The molecule has 0 saturated carbocycles. The molecule has 2 N–H and O–H groups in total. The van der Waals surface area contributed by atoms with E-state index in [4.69, 9.17) is 4.74 Å². The van der Waals surface area contributed by atoms with Crippen molar-refractivity contribution in [3.05, 3.63) is 35.5 Å². The molecule has 20 heavy (non-hydrogen) atoms. The van der Waals surface area contributed by atoms with Gasteiger partial charge in [0.15, 0.2) is 0 Å². The molecule has 0 spiro atoms. The molecule has 0 bridgehead atoms. The third-order valence-corrected chi connectivity index (χ3v) is 3.35. The fourth-order valence-corrected chi connectivity index (χ4v) is 2.22. The molecule has 0 aliphatic carbocycles. The maximum atomic E-state index is 12.1. The Bertz CT molecular complexity index is 602. The molecule has 2 aromatic rings. The summed E-state index contributed by atoms with van der Waals surface area (Å²) < 4.78 is 5.02. The zero-order chi connectivity index (χ0) is 14.7. The lowest BCUT2D eigenvalue weighted by molar-refractivity contribution is 0.0901. The van der Waals surface area contributed by atoms with E-state index < -0.39 is 0 Å². The smallest absolute Gasteiger partial charge is 0.268 e. The third-order valence-electron chi connectivity index (χ3n) is 3.35. The summed E-state index contributed by atoms with van der Waals surface area (Å²) >= 11 is 0. The Balaban J connectivity index is 2.21. The van der Waals surface area contributed by atoms with Crippen molar-refractivity contribution in [1.29, 1.82) is 0 Å². The van der Waals surface area contributed by atoms with Crippen molar-refractivity contribution in [3.8, 4) is 0 Å². The minimum absolute atomic E-state index is 0.00913. The van der Waals surface area contributed by atoms with Crippen LogP contribution in [0.4, 0.5) is 0 Å². The molecule has 2 rings (SSSR count). The summed E-state index contributed by atoms with van der Waals surface area (Å²) in [5, 5.41) is 3.95. The minimum Gasteiger partial charge on any atom is -0.383 e. The van der Waals surface area contributed by atoms with Crippen LogP contribution in [0.25, 0.3) is 10.9 Å². The number of amides is 1. The quantitative estimate of drug-likeness (QED) is 0.880. The van der Waals surface area contributed by atoms with Gasteiger partial charge < -0.3 is 15.0 Å². The summed E-state index contributed by atoms with van der Waals surface area (Å²) in [6.45, 7) is 6.73. The zero-order valence-corrected chi connectivity index (χ0v) is 12.5. The summed E-state index contributed by atoms with van der Waals surface area (Å²) in [5.74, 6) is 0.374. The van der Waals surface area contributed by atoms with Gasteiger partial charge >= 0.3 is 0 Å². The van der Waals surface area contributed by atoms with Crippen molar-refractivity contribution in [2.45, 2.75) is 32.7 Å². The summed E-state index contributed by atoms with van der Waals surface area (Å²) in [4.78, 5) is 15.3. The highest BCUT2D eigenvalue weighted by Gasteiger charge is 2.12. The molecule has 0 saturated heterocycles. The van der Waals surface area contributed by atoms with Crippen LogP contribution in [-0.4, -0.2) is 30.6 Å².